The highest BCUT2D eigenvalue weighted by molar-refractivity contribution is 5.83. The molecule has 1 aromatic carbocycles. The van der Waals surface area contributed by atoms with E-state index in [0.717, 1.165) is 0 Å². The molecule has 0 aliphatic heterocycles. The number of esters is 1. The number of hydrogen-bond donors (Lipinski definition) is 4. The van der Waals surface area contributed by atoms with Gasteiger partial charge in [-0.2, -0.15) is 0 Å². The summed E-state index contributed by atoms with van der Waals surface area (Å²) >= 11 is 0. The van der Waals surface area contributed by atoms with Crippen molar-refractivity contribution >= 4 is 23.3 Å². The molecule has 0 bridgehead atoms. The zero-order valence-electron chi connectivity index (χ0n) is 14.5. The Balaban J connectivity index is 2.39. The first-order valence-electron chi connectivity index (χ1n) is 8.19. The van der Waals surface area contributed by atoms with Gasteiger partial charge in [0, 0.05) is 26.6 Å². The maximum atomic E-state index is 11.6. The van der Waals surface area contributed by atoms with Gasteiger partial charge in [-0.1, -0.05) is 0 Å². The molecule has 9 heteroatoms. The summed E-state index contributed by atoms with van der Waals surface area (Å²) in [6, 6.07) is -0.690. The van der Waals surface area contributed by atoms with E-state index >= 15 is 0 Å². The second kappa shape index (κ2) is 10.4. The Labute approximate surface area is 145 Å². The summed E-state index contributed by atoms with van der Waals surface area (Å²) in [6.45, 7) is 2.19. The van der Waals surface area contributed by atoms with Crippen molar-refractivity contribution in [3.8, 4) is 0 Å². The number of carbonyl (C=O) groups excluding carboxylic acids is 2. The quantitative estimate of drug-likeness (QED) is 0.220. The van der Waals surface area contributed by atoms with E-state index in [1.54, 1.807) is 0 Å². The summed E-state index contributed by atoms with van der Waals surface area (Å²) < 4.78 is 4.64. The van der Waals surface area contributed by atoms with Gasteiger partial charge in [0.1, 0.15) is 17.4 Å². The van der Waals surface area contributed by atoms with Crippen LogP contribution in [0.2, 0.25) is 0 Å². The lowest BCUT2D eigenvalue weighted by atomic mass is 10.1. The molecule has 1 aromatic rings. The highest BCUT2D eigenvalue weighted by atomic mass is 16.5. The maximum Gasteiger partial charge on any atom is 0.328 e. The lowest BCUT2D eigenvalue weighted by Crippen LogP contribution is -2.40. The van der Waals surface area contributed by atoms with E-state index < -0.39 is 22.9 Å². The van der Waals surface area contributed by atoms with E-state index in [2.05, 4.69) is 20.7 Å². The summed E-state index contributed by atoms with van der Waals surface area (Å²) in [6.07, 6.45) is 2.16. The van der Waals surface area contributed by atoms with E-state index in [1.165, 1.54) is 14.0 Å². The Morgan fingerprint density at radius 2 is 1.60 bits per heavy atom. The first-order valence-corrected chi connectivity index (χ1v) is 8.19. The minimum atomic E-state index is -0.690. The Hall–Kier alpha value is -2.42. The van der Waals surface area contributed by atoms with Crippen LogP contribution in [0.5, 0.6) is 0 Å². The molecule has 0 unspecified atom stereocenters. The molecule has 4 N–H and O–H groups in total. The van der Waals surface area contributed by atoms with Crippen molar-refractivity contribution in [1.29, 1.82) is 0 Å². The smallest absolute Gasteiger partial charge is 0.328 e. The number of aliphatic hydroxyl groups is 1. The van der Waals surface area contributed by atoms with Crippen molar-refractivity contribution in [3.63, 3.8) is 0 Å². The van der Waals surface area contributed by atoms with E-state index in [1.807, 2.05) is 0 Å². The Morgan fingerprint density at radius 1 is 1.04 bits per heavy atom. The zero-order chi connectivity index (χ0) is 18.8. The number of aliphatic hydroxyl groups excluding tert-OH is 1. The highest BCUT2D eigenvalue weighted by Gasteiger charge is 2.21. The highest BCUT2D eigenvalue weighted by Crippen LogP contribution is 2.14. The van der Waals surface area contributed by atoms with Gasteiger partial charge in [0.2, 0.25) is 5.91 Å². The van der Waals surface area contributed by atoms with Gasteiger partial charge in [0.25, 0.3) is 10.9 Å². The Bertz CT molecular complexity index is 651. The van der Waals surface area contributed by atoms with Crippen LogP contribution < -0.4 is 26.8 Å². The number of anilines is 2. The van der Waals surface area contributed by atoms with Crippen molar-refractivity contribution in [2.75, 3.05) is 37.4 Å². The summed E-state index contributed by atoms with van der Waals surface area (Å²) in [7, 11) is 1.26. The molecular formula is C16H25N3O6. The number of ether oxygens (including phenoxy) is 1. The van der Waals surface area contributed by atoms with Crippen molar-refractivity contribution in [2.45, 2.75) is 38.6 Å². The fourth-order valence-electron chi connectivity index (χ4n) is 2.34. The number of hydrogen-bond acceptors (Lipinski definition) is 8. The number of unbranched alkanes of at least 4 members (excludes halogenated alkanes) is 1. The van der Waals surface area contributed by atoms with Crippen molar-refractivity contribution in [3.05, 3.63) is 20.4 Å². The van der Waals surface area contributed by atoms with Crippen LogP contribution in [-0.4, -0.2) is 49.8 Å². The molecule has 140 valence electrons. The van der Waals surface area contributed by atoms with E-state index in [-0.39, 0.29) is 23.9 Å². The number of nitrogens with one attached hydrogen (secondary N) is 3. The van der Waals surface area contributed by atoms with Gasteiger partial charge in [-0.15, -0.1) is 0 Å². The summed E-state index contributed by atoms with van der Waals surface area (Å²) in [5, 5.41) is 17.0. The molecule has 0 saturated carbocycles. The molecule has 9 nitrogen and oxygen atoms in total. The topological polar surface area (TPSA) is 134 Å². The molecule has 0 aliphatic carbocycles. The first-order chi connectivity index (χ1) is 11.9. The number of carbonyl (C=O) groups is 2. The molecule has 0 aromatic heterocycles. The van der Waals surface area contributed by atoms with Crippen LogP contribution >= 0.6 is 0 Å². The third-order valence-electron chi connectivity index (χ3n) is 3.63. The van der Waals surface area contributed by atoms with Gasteiger partial charge in [-0.3, -0.25) is 14.4 Å². The third-order valence-corrected chi connectivity index (χ3v) is 3.63. The fraction of sp³-hybridized carbons (Fsp3) is 0.625. The molecule has 0 saturated heterocycles. The largest absolute Gasteiger partial charge is 0.467 e. The summed E-state index contributed by atoms with van der Waals surface area (Å²) in [5.41, 5.74) is -0.604. The lowest BCUT2D eigenvalue weighted by molar-refractivity contribution is -0.145. The van der Waals surface area contributed by atoms with Crippen LogP contribution in [-0.2, 0) is 14.3 Å². The third kappa shape index (κ3) is 6.18. The van der Waals surface area contributed by atoms with Gasteiger partial charge in [0.15, 0.2) is 0 Å². The lowest BCUT2D eigenvalue weighted by Gasteiger charge is -2.16. The minimum absolute atomic E-state index is 0.000832. The van der Waals surface area contributed by atoms with Crippen LogP contribution in [0.15, 0.2) is 9.59 Å². The molecule has 1 rings (SSSR count). The summed E-state index contributed by atoms with van der Waals surface area (Å²) in [4.78, 5) is 45.7. The normalized spacial score (nSPS) is 11.8. The minimum Gasteiger partial charge on any atom is -0.467 e. The molecule has 0 spiro atoms. The van der Waals surface area contributed by atoms with Crippen LogP contribution in [0.25, 0.3) is 0 Å². The van der Waals surface area contributed by atoms with Crippen molar-refractivity contribution in [1.82, 2.24) is 5.32 Å². The fourth-order valence-corrected chi connectivity index (χ4v) is 2.34. The number of rotatable bonds is 12. The van der Waals surface area contributed by atoms with Gasteiger partial charge in [0.05, 0.1) is 7.11 Å². The van der Waals surface area contributed by atoms with Crippen LogP contribution in [0.1, 0.15) is 32.6 Å². The van der Waals surface area contributed by atoms with Gasteiger partial charge in [-0.25, -0.2) is 4.79 Å². The maximum absolute atomic E-state index is 11.6. The molecule has 0 radical (unpaired) electrons. The van der Waals surface area contributed by atoms with E-state index in [9.17, 15) is 19.2 Å². The van der Waals surface area contributed by atoms with Gasteiger partial charge in [-0.05, 0) is 25.7 Å². The van der Waals surface area contributed by atoms with E-state index in [4.69, 9.17) is 5.11 Å². The predicted octanol–water partition coefficient (Wildman–Crippen LogP) is -0.663. The zero-order valence-corrected chi connectivity index (χ0v) is 14.5. The van der Waals surface area contributed by atoms with Crippen LogP contribution in [0.3, 0.4) is 0 Å². The van der Waals surface area contributed by atoms with Crippen molar-refractivity contribution < 1.29 is 19.4 Å². The van der Waals surface area contributed by atoms with Crippen molar-refractivity contribution in [2.24, 2.45) is 0 Å². The average molecular weight is 355 g/mol. The molecular weight excluding hydrogens is 330 g/mol. The second-order valence-electron chi connectivity index (χ2n) is 5.61. The SMILES string of the molecule is COC(=O)[C@H](CCCCNc1c(NCCCO)c(=O)c1=O)NC(C)=O. The molecule has 0 fully saturated rings. The van der Waals surface area contributed by atoms with Crippen LogP contribution in [0.4, 0.5) is 11.4 Å². The Morgan fingerprint density at radius 3 is 2.08 bits per heavy atom. The van der Waals surface area contributed by atoms with E-state index in [0.29, 0.717) is 38.8 Å². The number of amides is 1. The molecule has 1 atom stereocenters. The predicted molar refractivity (Wildman–Crippen MR) is 93.5 cm³/mol. The summed E-state index contributed by atoms with van der Waals surface area (Å²) in [5.74, 6) is -0.808. The first kappa shape index (κ1) is 20.6. The van der Waals surface area contributed by atoms with Gasteiger partial charge < -0.3 is 25.8 Å². The molecule has 0 aliphatic rings. The average Bonchev–Trinajstić information content (AvgIpc) is 2.60. The molecule has 0 heterocycles. The monoisotopic (exact) mass is 355 g/mol. The molecule has 1 amide bonds. The second-order valence-corrected chi connectivity index (χ2v) is 5.61. The Kier molecular flexibility index (Phi) is 8.62. The van der Waals surface area contributed by atoms with Gasteiger partial charge >= 0.3 is 5.97 Å². The van der Waals surface area contributed by atoms with Crippen LogP contribution in [0, 0.1) is 0 Å². The standard InChI is InChI=1S/C16H25N3O6/c1-10(21)19-11(16(24)25-2)6-3-4-7-17-12-13(15(23)14(12)22)18-8-5-9-20/h11,17-18,20H,3-9H2,1-2H3,(H,19,21)/t11-/m0/s1. The number of methoxy groups -OCH3 is 1. The molecule has 25 heavy (non-hydrogen) atoms.